The van der Waals surface area contributed by atoms with Gasteiger partial charge in [-0.2, -0.15) is 13.2 Å². The maximum atomic E-state index is 12.9. The van der Waals surface area contributed by atoms with E-state index >= 15 is 0 Å². The molecule has 2 heterocycles. The summed E-state index contributed by atoms with van der Waals surface area (Å²) in [6.45, 7) is 0. The lowest BCUT2D eigenvalue weighted by Gasteiger charge is -2.11. The molecule has 0 atom stereocenters. The van der Waals surface area contributed by atoms with Gasteiger partial charge in [0.05, 0.1) is 10.5 Å². The molecule has 0 aliphatic carbocycles. The second-order valence-electron chi connectivity index (χ2n) is 8.11. The SMILES string of the molecule is Cn1cc(C=C2C(=O)Nc3ccc(S(=O)(=O)Nc4ccc(C(F)(F)F)cc4)cc32)c2ccccc21. The monoisotopic (exact) mass is 497 g/mol. The normalized spacial score (nSPS) is 14.9. The third-order valence-corrected chi connectivity index (χ3v) is 7.16. The van der Waals surface area contributed by atoms with Crippen molar-refractivity contribution in [3.05, 3.63) is 89.6 Å². The van der Waals surface area contributed by atoms with Gasteiger partial charge in [0.15, 0.2) is 0 Å². The van der Waals surface area contributed by atoms with Crippen LogP contribution in [0.15, 0.2) is 77.8 Å². The van der Waals surface area contributed by atoms with E-state index in [1.807, 2.05) is 42.1 Å². The number of rotatable bonds is 4. The Morgan fingerprint density at radius 3 is 2.43 bits per heavy atom. The number of nitrogens with zero attached hydrogens (tertiary/aromatic N) is 1. The quantitative estimate of drug-likeness (QED) is 0.366. The van der Waals surface area contributed by atoms with Crippen LogP contribution >= 0.6 is 0 Å². The molecule has 35 heavy (non-hydrogen) atoms. The minimum absolute atomic E-state index is 0.0146. The van der Waals surface area contributed by atoms with Gasteiger partial charge in [-0.1, -0.05) is 18.2 Å². The second kappa shape index (κ2) is 8.02. The van der Waals surface area contributed by atoms with E-state index in [-0.39, 0.29) is 16.5 Å². The summed E-state index contributed by atoms with van der Waals surface area (Å²) >= 11 is 0. The topological polar surface area (TPSA) is 80.2 Å². The summed E-state index contributed by atoms with van der Waals surface area (Å²) in [7, 11) is -2.24. The van der Waals surface area contributed by atoms with Crippen molar-refractivity contribution >= 4 is 49.9 Å². The van der Waals surface area contributed by atoms with Crippen LogP contribution < -0.4 is 10.0 Å². The molecule has 0 unspecified atom stereocenters. The Kier molecular flexibility index (Phi) is 5.21. The van der Waals surface area contributed by atoms with Gasteiger partial charge in [-0.3, -0.25) is 9.52 Å². The number of para-hydroxylation sites is 1. The number of amides is 1. The Bertz CT molecular complexity index is 1620. The van der Waals surface area contributed by atoms with Gasteiger partial charge < -0.3 is 9.88 Å². The number of fused-ring (bicyclic) bond motifs is 2. The van der Waals surface area contributed by atoms with Crippen LogP contribution in [0.4, 0.5) is 24.5 Å². The zero-order valence-electron chi connectivity index (χ0n) is 18.2. The van der Waals surface area contributed by atoms with Gasteiger partial charge in [0.25, 0.3) is 15.9 Å². The number of benzene rings is 3. The standard InChI is InChI=1S/C25H18F3N3O3S/c1-31-14-15(19-4-2-3-5-23(19)31)12-21-20-13-18(10-11-22(20)29-24(21)32)35(33,34)30-17-8-6-16(7-9-17)25(26,27)28/h2-14,30H,1H3,(H,29,32). The zero-order chi connectivity index (χ0) is 25.0. The molecule has 0 bridgehead atoms. The number of halogens is 3. The van der Waals surface area contributed by atoms with E-state index in [0.29, 0.717) is 16.8 Å². The summed E-state index contributed by atoms with van der Waals surface area (Å²) in [4.78, 5) is 12.6. The fraction of sp³-hybridized carbons (Fsp3) is 0.0800. The first-order valence-corrected chi connectivity index (χ1v) is 11.9. The highest BCUT2D eigenvalue weighted by Crippen LogP contribution is 2.36. The van der Waals surface area contributed by atoms with Gasteiger partial charge in [0.1, 0.15) is 0 Å². The van der Waals surface area contributed by atoms with E-state index in [2.05, 4.69) is 10.0 Å². The van der Waals surface area contributed by atoms with Crippen molar-refractivity contribution in [1.29, 1.82) is 0 Å². The van der Waals surface area contributed by atoms with Crippen molar-refractivity contribution in [3.63, 3.8) is 0 Å². The predicted octanol–water partition coefficient (Wildman–Crippen LogP) is 5.49. The summed E-state index contributed by atoms with van der Waals surface area (Å²) < 4.78 is 68.5. The van der Waals surface area contributed by atoms with Crippen LogP contribution in [0.25, 0.3) is 22.6 Å². The molecule has 0 fully saturated rings. The summed E-state index contributed by atoms with van der Waals surface area (Å²) in [5.74, 6) is -0.363. The third-order valence-electron chi connectivity index (χ3n) is 5.78. The molecule has 10 heteroatoms. The average Bonchev–Trinajstić information content (AvgIpc) is 3.29. The van der Waals surface area contributed by atoms with E-state index in [1.54, 1.807) is 6.08 Å². The van der Waals surface area contributed by atoms with E-state index < -0.39 is 21.8 Å². The van der Waals surface area contributed by atoms with Crippen LogP contribution in [0.2, 0.25) is 0 Å². The van der Waals surface area contributed by atoms with Crippen LogP contribution in [-0.4, -0.2) is 18.9 Å². The summed E-state index contributed by atoms with van der Waals surface area (Å²) in [6.07, 6.45) is -0.928. The maximum Gasteiger partial charge on any atom is 0.416 e. The van der Waals surface area contributed by atoms with Crippen molar-refractivity contribution in [1.82, 2.24) is 4.57 Å². The molecule has 0 spiro atoms. The molecule has 0 saturated carbocycles. The molecular weight excluding hydrogens is 479 g/mol. The van der Waals surface area contributed by atoms with E-state index in [9.17, 15) is 26.4 Å². The first-order chi connectivity index (χ1) is 16.5. The lowest BCUT2D eigenvalue weighted by molar-refractivity contribution is -0.137. The molecule has 2 N–H and O–H groups in total. The van der Waals surface area contributed by atoms with Crippen molar-refractivity contribution < 1.29 is 26.4 Å². The highest BCUT2D eigenvalue weighted by atomic mass is 32.2. The van der Waals surface area contributed by atoms with Crippen LogP contribution in [0.3, 0.4) is 0 Å². The second-order valence-corrected chi connectivity index (χ2v) is 9.80. The number of anilines is 2. The summed E-state index contributed by atoms with van der Waals surface area (Å²) in [6, 6.07) is 15.6. The number of hydrogen-bond acceptors (Lipinski definition) is 3. The van der Waals surface area contributed by atoms with Crippen molar-refractivity contribution in [2.75, 3.05) is 10.0 Å². The molecule has 0 saturated heterocycles. The van der Waals surface area contributed by atoms with E-state index in [4.69, 9.17) is 0 Å². The molecule has 178 valence electrons. The van der Waals surface area contributed by atoms with Gasteiger partial charge in [-0.15, -0.1) is 0 Å². The highest BCUT2D eigenvalue weighted by Gasteiger charge is 2.30. The maximum absolute atomic E-state index is 12.9. The Morgan fingerprint density at radius 1 is 1.00 bits per heavy atom. The Morgan fingerprint density at radius 2 is 1.71 bits per heavy atom. The van der Waals surface area contributed by atoms with Crippen molar-refractivity contribution in [3.8, 4) is 0 Å². The highest BCUT2D eigenvalue weighted by molar-refractivity contribution is 7.92. The largest absolute Gasteiger partial charge is 0.416 e. The van der Waals surface area contributed by atoms with E-state index in [0.717, 1.165) is 40.7 Å². The van der Waals surface area contributed by atoms with Gasteiger partial charge in [-0.25, -0.2) is 8.42 Å². The molecule has 4 aromatic rings. The smallest absolute Gasteiger partial charge is 0.350 e. The average molecular weight is 497 g/mol. The van der Waals surface area contributed by atoms with Crippen LogP contribution in [0.1, 0.15) is 16.7 Å². The number of nitrogens with one attached hydrogen (secondary N) is 2. The Labute approximate surface area is 198 Å². The minimum atomic E-state index is -4.52. The predicted molar refractivity (Wildman–Crippen MR) is 128 cm³/mol. The first-order valence-electron chi connectivity index (χ1n) is 10.4. The van der Waals surface area contributed by atoms with Crippen molar-refractivity contribution in [2.45, 2.75) is 11.1 Å². The van der Waals surface area contributed by atoms with Crippen LogP contribution in [0.5, 0.6) is 0 Å². The number of sulfonamides is 1. The van der Waals surface area contributed by atoms with Gasteiger partial charge >= 0.3 is 6.18 Å². The number of aryl methyl sites for hydroxylation is 1. The van der Waals surface area contributed by atoms with Crippen molar-refractivity contribution in [2.24, 2.45) is 7.05 Å². The number of carbonyl (C=O) groups excluding carboxylic acids is 1. The van der Waals surface area contributed by atoms with Crippen LogP contribution in [-0.2, 0) is 28.0 Å². The molecule has 1 aliphatic rings. The number of aromatic nitrogens is 1. The van der Waals surface area contributed by atoms with Crippen LogP contribution in [0, 0.1) is 0 Å². The summed E-state index contributed by atoms with van der Waals surface area (Å²) in [5.41, 5.74) is 2.08. The molecule has 0 radical (unpaired) electrons. The molecule has 3 aromatic carbocycles. The number of alkyl halides is 3. The lowest BCUT2D eigenvalue weighted by Crippen LogP contribution is -2.13. The van der Waals surface area contributed by atoms with Gasteiger partial charge in [0.2, 0.25) is 0 Å². The fourth-order valence-electron chi connectivity index (χ4n) is 4.06. The molecule has 5 rings (SSSR count). The fourth-order valence-corrected chi connectivity index (χ4v) is 5.15. The molecule has 1 aromatic heterocycles. The molecule has 1 amide bonds. The Hall–Kier alpha value is -4.05. The number of hydrogen-bond donors (Lipinski definition) is 2. The number of carbonyl (C=O) groups is 1. The van der Waals surface area contributed by atoms with E-state index in [1.165, 1.54) is 18.2 Å². The molecule has 1 aliphatic heterocycles. The lowest BCUT2D eigenvalue weighted by atomic mass is 10.0. The molecular formula is C25H18F3N3O3S. The summed E-state index contributed by atoms with van der Waals surface area (Å²) in [5, 5.41) is 3.68. The molecule has 6 nitrogen and oxygen atoms in total. The minimum Gasteiger partial charge on any atom is -0.350 e. The van der Waals surface area contributed by atoms with Gasteiger partial charge in [-0.05, 0) is 54.6 Å². The van der Waals surface area contributed by atoms with Gasteiger partial charge in [0, 0.05) is 52.2 Å². The first kappa shape index (κ1) is 22.7. The Balaban J connectivity index is 1.50. The third kappa shape index (κ3) is 4.17. The zero-order valence-corrected chi connectivity index (χ0v) is 19.0.